The van der Waals surface area contributed by atoms with Gasteiger partial charge in [0.2, 0.25) is 0 Å². The Kier molecular flexibility index (Phi) is 4.89. The fourth-order valence-electron chi connectivity index (χ4n) is 2.02. The average Bonchev–Trinajstić information content (AvgIpc) is 2.46. The molecule has 0 aliphatic heterocycles. The Morgan fingerprint density at radius 3 is 2.90 bits per heavy atom. The van der Waals surface area contributed by atoms with Crippen LogP contribution in [0.3, 0.4) is 0 Å². The van der Waals surface area contributed by atoms with Gasteiger partial charge in [0, 0.05) is 11.2 Å². The molecule has 0 spiro atoms. The van der Waals surface area contributed by atoms with E-state index in [1.54, 1.807) is 25.3 Å². The molecule has 3 N–H and O–H groups in total. The van der Waals surface area contributed by atoms with E-state index >= 15 is 0 Å². The predicted molar refractivity (Wildman–Crippen MR) is 76.0 cm³/mol. The lowest BCUT2D eigenvalue weighted by Crippen LogP contribution is -2.31. The van der Waals surface area contributed by atoms with Gasteiger partial charge in [0.05, 0.1) is 18.8 Å². The molecular weight excluding hydrogens is 281 g/mol. The van der Waals surface area contributed by atoms with Gasteiger partial charge in [-0.1, -0.05) is 11.6 Å². The molecule has 1 aromatic carbocycles. The largest absolute Gasteiger partial charge is 0.496 e. The number of hydrogen-bond donors (Lipinski definition) is 2. The highest BCUT2D eigenvalue weighted by molar-refractivity contribution is 6.30. The number of hydrazine groups is 1. The molecule has 0 fully saturated rings. The molecule has 1 unspecified atom stereocenters. The topological polar surface area (TPSA) is 60.2 Å². The van der Waals surface area contributed by atoms with E-state index in [9.17, 15) is 4.39 Å². The Morgan fingerprint density at radius 1 is 1.45 bits per heavy atom. The zero-order valence-electron chi connectivity index (χ0n) is 10.9. The van der Waals surface area contributed by atoms with Crippen LogP contribution >= 0.6 is 11.6 Å². The first kappa shape index (κ1) is 14.7. The molecule has 0 bridgehead atoms. The molecule has 0 radical (unpaired) electrons. The standard InChI is InChI=1S/C14H15ClFN3O/c1-20-13-5-4-10(15)7-9(13)8-12(19-17)14-11(16)3-2-6-18-14/h2-7,12,19H,8,17H2,1H3. The van der Waals surface area contributed by atoms with Crippen LogP contribution in [0.2, 0.25) is 5.02 Å². The third kappa shape index (κ3) is 3.25. The second-order valence-corrected chi connectivity index (χ2v) is 4.69. The van der Waals surface area contributed by atoms with Crippen LogP contribution in [0.4, 0.5) is 4.39 Å². The van der Waals surface area contributed by atoms with Crippen molar-refractivity contribution in [3.63, 3.8) is 0 Å². The molecule has 0 aliphatic rings. The SMILES string of the molecule is COc1ccc(Cl)cc1CC(NN)c1ncccc1F. The van der Waals surface area contributed by atoms with E-state index in [0.717, 1.165) is 5.56 Å². The lowest BCUT2D eigenvalue weighted by atomic mass is 10.0. The number of aromatic nitrogens is 1. The number of halogens is 2. The van der Waals surface area contributed by atoms with Crippen molar-refractivity contribution in [2.75, 3.05) is 7.11 Å². The molecule has 20 heavy (non-hydrogen) atoms. The second-order valence-electron chi connectivity index (χ2n) is 4.25. The van der Waals surface area contributed by atoms with Crippen LogP contribution in [0, 0.1) is 5.82 Å². The van der Waals surface area contributed by atoms with Crippen molar-refractivity contribution in [2.45, 2.75) is 12.5 Å². The number of rotatable bonds is 5. The number of nitrogens with one attached hydrogen (secondary N) is 1. The lowest BCUT2D eigenvalue weighted by Gasteiger charge is -2.17. The van der Waals surface area contributed by atoms with Crippen LogP contribution in [0.5, 0.6) is 5.75 Å². The van der Waals surface area contributed by atoms with Crippen molar-refractivity contribution in [1.29, 1.82) is 0 Å². The first-order chi connectivity index (χ1) is 9.65. The normalized spacial score (nSPS) is 12.2. The lowest BCUT2D eigenvalue weighted by molar-refractivity contribution is 0.404. The van der Waals surface area contributed by atoms with Crippen molar-refractivity contribution in [2.24, 2.45) is 5.84 Å². The zero-order valence-corrected chi connectivity index (χ0v) is 11.7. The third-order valence-corrected chi connectivity index (χ3v) is 3.22. The van der Waals surface area contributed by atoms with Crippen molar-refractivity contribution in [1.82, 2.24) is 10.4 Å². The molecule has 106 valence electrons. The van der Waals surface area contributed by atoms with Crippen molar-refractivity contribution < 1.29 is 9.13 Å². The summed E-state index contributed by atoms with van der Waals surface area (Å²) >= 11 is 5.98. The maximum Gasteiger partial charge on any atom is 0.146 e. The summed E-state index contributed by atoms with van der Waals surface area (Å²) in [6.07, 6.45) is 1.94. The number of nitrogens with zero attached hydrogens (tertiary/aromatic N) is 1. The number of pyridine rings is 1. The number of benzene rings is 1. The fourth-order valence-corrected chi connectivity index (χ4v) is 2.21. The van der Waals surface area contributed by atoms with E-state index < -0.39 is 11.9 Å². The molecule has 0 aliphatic carbocycles. The molecule has 0 amide bonds. The zero-order chi connectivity index (χ0) is 14.5. The molecule has 2 aromatic rings. The molecule has 0 saturated carbocycles. The molecular formula is C14H15ClFN3O. The average molecular weight is 296 g/mol. The van der Waals surface area contributed by atoms with Crippen molar-refractivity contribution in [3.05, 3.63) is 58.6 Å². The Hall–Kier alpha value is -1.69. The maximum absolute atomic E-state index is 13.8. The first-order valence-corrected chi connectivity index (χ1v) is 6.42. The van der Waals surface area contributed by atoms with Crippen molar-refractivity contribution in [3.8, 4) is 5.75 Å². The Morgan fingerprint density at radius 2 is 2.25 bits per heavy atom. The molecule has 1 heterocycles. The summed E-state index contributed by atoms with van der Waals surface area (Å²) < 4.78 is 19.0. The number of methoxy groups -OCH3 is 1. The quantitative estimate of drug-likeness (QED) is 0.657. The van der Waals surface area contributed by atoms with E-state index in [1.807, 2.05) is 0 Å². The highest BCUT2D eigenvalue weighted by atomic mass is 35.5. The smallest absolute Gasteiger partial charge is 0.146 e. The summed E-state index contributed by atoms with van der Waals surface area (Å²) in [4.78, 5) is 4.03. The van der Waals surface area contributed by atoms with Crippen LogP contribution in [0.1, 0.15) is 17.3 Å². The number of ether oxygens (including phenoxy) is 1. The Balaban J connectivity index is 2.31. The molecule has 0 saturated heterocycles. The van der Waals surface area contributed by atoms with E-state index in [1.165, 1.54) is 18.3 Å². The second kappa shape index (κ2) is 6.65. The van der Waals surface area contributed by atoms with Gasteiger partial charge in [-0.25, -0.2) is 4.39 Å². The van der Waals surface area contributed by atoms with Gasteiger partial charge < -0.3 is 4.74 Å². The number of hydrogen-bond acceptors (Lipinski definition) is 4. The van der Waals surface area contributed by atoms with Gasteiger partial charge in [0.15, 0.2) is 0 Å². The highest BCUT2D eigenvalue weighted by Gasteiger charge is 2.18. The van der Waals surface area contributed by atoms with Crippen LogP contribution in [-0.4, -0.2) is 12.1 Å². The summed E-state index contributed by atoms with van der Waals surface area (Å²) in [6, 6.07) is 7.68. The van der Waals surface area contributed by atoms with Gasteiger partial charge >= 0.3 is 0 Å². The molecule has 4 nitrogen and oxygen atoms in total. The van der Waals surface area contributed by atoms with E-state index in [0.29, 0.717) is 17.2 Å². The van der Waals surface area contributed by atoms with Gasteiger partial charge in [-0.3, -0.25) is 16.3 Å². The maximum atomic E-state index is 13.8. The summed E-state index contributed by atoms with van der Waals surface area (Å²) in [7, 11) is 1.57. The number of nitrogens with two attached hydrogens (primary N) is 1. The van der Waals surface area contributed by atoms with Gasteiger partial charge in [0.25, 0.3) is 0 Å². The fraction of sp³-hybridized carbons (Fsp3) is 0.214. The minimum Gasteiger partial charge on any atom is -0.496 e. The molecule has 2 rings (SSSR count). The summed E-state index contributed by atoms with van der Waals surface area (Å²) in [5, 5.41) is 0.582. The van der Waals surface area contributed by atoms with Crippen LogP contribution in [0.25, 0.3) is 0 Å². The molecule has 6 heteroatoms. The Bertz CT molecular complexity index is 594. The van der Waals surface area contributed by atoms with Crippen LogP contribution < -0.4 is 16.0 Å². The summed E-state index contributed by atoms with van der Waals surface area (Å²) in [6.45, 7) is 0. The van der Waals surface area contributed by atoms with Crippen molar-refractivity contribution >= 4 is 11.6 Å². The molecule has 1 atom stereocenters. The monoisotopic (exact) mass is 295 g/mol. The van der Waals surface area contributed by atoms with Crippen LogP contribution in [0.15, 0.2) is 36.5 Å². The first-order valence-electron chi connectivity index (χ1n) is 6.04. The highest BCUT2D eigenvalue weighted by Crippen LogP contribution is 2.27. The van der Waals surface area contributed by atoms with E-state index in [-0.39, 0.29) is 5.69 Å². The van der Waals surface area contributed by atoms with Gasteiger partial charge in [0.1, 0.15) is 11.6 Å². The van der Waals surface area contributed by atoms with Gasteiger partial charge in [-0.2, -0.15) is 0 Å². The third-order valence-electron chi connectivity index (χ3n) is 2.98. The predicted octanol–water partition coefficient (Wildman–Crippen LogP) is 2.63. The van der Waals surface area contributed by atoms with E-state index in [4.69, 9.17) is 22.2 Å². The minimum atomic E-state index is -0.469. The van der Waals surface area contributed by atoms with Crippen LogP contribution in [-0.2, 0) is 6.42 Å². The Labute approximate surface area is 121 Å². The molecule has 1 aromatic heterocycles. The van der Waals surface area contributed by atoms with Gasteiger partial charge in [-0.15, -0.1) is 0 Å². The minimum absolute atomic E-state index is 0.261. The summed E-state index contributed by atoms with van der Waals surface area (Å²) in [5.41, 5.74) is 3.67. The summed E-state index contributed by atoms with van der Waals surface area (Å²) in [5.74, 6) is 5.79. The van der Waals surface area contributed by atoms with Gasteiger partial charge in [-0.05, 0) is 42.3 Å². The van der Waals surface area contributed by atoms with E-state index in [2.05, 4.69) is 10.4 Å².